The molecule has 0 rings (SSSR count). The van der Waals surface area contributed by atoms with Gasteiger partial charge in [-0.2, -0.15) is 0 Å². The van der Waals surface area contributed by atoms with E-state index in [2.05, 4.69) is 20.8 Å². The fraction of sp³-hybridized carbons (Fsp3) is 1.00. The fourth-order valence-corrected chi connectivity index (χ4v) is 3.29. The Morgan fingerprint density at radius 1 is 0.619 bits per heavy atom. The number of rotatable bonds is 16. The van der Waals surface area contributed by atoms with E-state index in [0.29, 0.717) is 12.5 Å². The third-order valence-corrected chi connectivity index (χ3v) is 4.93. The second-order valence-corrected chi connectivity index (χ2v) is 6.96. The zero-order valence-electron chi connectivity index (χ0n) is 15.2. The van der Waals surface area contributed by atoms with Gasteiger partial charge in [0.15, 0.2) is 0 Å². The van der Waals surface area contributed by atoms with E-state index in [1.807, 2.05) is 0 Å². The number of hydrogen-bond acceptors (Lipinski definition) is 1. The number of aliphatic hydroxyl groups excluding tert-OH is 1. The van der Waals surface area contributed by atoms with Gasteiger partial charge in [-0.15, -0.1) is 0 Å². The molecule has 0 aliphatic heterocycles. The SMILES string of the molecule is CCCCCCCCC(CCCCCC)CC(CC)CO. The summed E-state index contributed by atoms with van der Waals surface area (Å²) in [6.07, 6.45) is 19.1. The maximum absolute atomic E-state index is 9.45. The smallest absolute Gasteiger partial charge is 0.0459 e. The van der Waals surface area contributed by atoms with Crippen molar-refractivity contribution in [3.8, 4) is 0 Å². The highest BCUT2D eigenvalue weighted by atomic mass is 16.3. The lowest BCUT2D eigenvalue weighted by Crippen LogP contribution is -2.12. The van der Waals surface area contributed by atoms with E-state index in [0.717, 1.165) is 12.3 Å². The van der Waals surface area contributed by atoms with E-state index in [-0.39, 0.29) is 0 Å². The van der Waals surface area contributed by atoms with Gasteiger partial charge in [-0.1, -0.05) is 104 Å². The summed E-state index contributed by atoms with van der Waals surface area (Å²) in [5, 5.41) is 9.45. The van der Waals surface area contributed by atoms with Crippen LogP contribution in [0, 0.1) is 11.8 Å². The standard InChI is InChI=1S/C20H42O/c1-4-7-9-11-12-14-16-20(15-13-10-8-5-2)17-19(6-3)18-21/h19-21H,4-18H2,1-3H3. The first-order valence-corrected chi connectivity index (χ1v) is 9.89. The van der Waals surface area contributed by atoms with Gasteiger partial charge in [0.05, 0.1) is 0 Å². The van der Waals surface area contributed by atoms with Crippen LogP contribution in [0.25, 0.3) is 0 Å². The van der Waals surface area contributed by atoms with Crippen LogP contribution in [0.2, 0.25) is 0 Å². The van der Waals surface area contributed by atoms with E-state index >= 15 is 0 Å². The molecule has 0 bridgehead atoms. The maximum atomic E-state index is 9.45. The topological polar surface area (TPSA) is 20.2 Å². The fourth-order valence-electron chi connectivity index (χ4n) is 3.29. The van der Waals surface area contributed by atoms with Crippen LogP contribution < -0.4 is 0 Å². The molecule has 2 atom stereocenters. The summed E-state index contributed by atoms with van der Waals surface area (Å²) in [7, 11) is 0. The minimum atomic E-state index is 0.387. The van der Waals surface area contributed by atoms with Crippen LogP contribution in [0.4, 0.5) is 0 Å². The minimum absolute atomic E-state index is 0.387. The molecule has 0 saturated carbocycles. The average molecular weight is 299 g/mol. The Bertz CT molecular complexity index is 186. The second kappa shape index (κ2) is 16.3. The molecule has 0 amide bonds. The van der Waals surface area contributed by atoms with Crippen molar-refractivity contribution < 1.29 is 5.11 Å². The lowest BCUT2D eigenvalue weighted by atomic mass is 9.85. The number of aliphatic hydroxyl groups is 1. The molecule has 128 valence electrons. The number of unbranched alkanes of at least 4 members (excludes halogenated alkanes) is 8. The normalized spacial score (nSPS) is 14.3. The van der Waals surface area contributed by atoms with E-state index in [1.54, 1.807) is 0 Å². The maximum Gasteiger partial charge on any atom is 0.0459 e. The molecule has 0 aliphatic rings. The molecule has 0 spiro atoms. The predicted octanol–water partition coefficient (Wildman–Crippen LogP) is 6.73. The van der Waals surface area contributed by atoms with Crippen molar-refractivity contribution in [1.82, 2.24) is 0 Å². The molecule has 0 aliphatic carbocycles. The van der Waals surface area contributed by atoms with E-state index in [4.69, 9.17) is 0 Å². The Morgan fingerprint density at radius 3 is 1.57 bits per heavy atom. The van der Waals surface area contributed by atoms with Crippen LogP contribution in [0.1, 0.15) is 111 Å². The van der Waals surface area contributed by atoms with Gasteiger partial charge in [0.25, 0.3) is 0 Å². The van der Waals surface area contributed by atoms with Crippen LogP contribution >= 0.6 is 0 Å². The Morgan fingerprint density at radius 2 is 1.10 bits per heavy atom. The van der Waals surface area contributed by atoms with Gasteiger partial charge in [-0.3, -0.25) is 0 Å². The van der Waals surface area contributed by atoms with Crippen LogP contribution in [-0.4, -0.2) is 11.7 Å². The zero-order valence-corrected chi connectivity index (χ0v) is 15.2. The lowest BCUT2D eigenvalue weighted by molar-refractivity contribution is 0.188. The third-order valence-electron chi connectivity index (χ3n) is 4.93. The Balaban J connectivity index is 3.88. The predicted molar refractivity (Wildman–Crippen MR) is 95.7 cm³/mol. The molecule has 21 heavy (non-hydrogen) atoms. The lowest BCUT2D eigenvalue weighted by Gasteiger charge is -2.21. The Kier molecular flexibility index (Phi) is 16.3. The first-order chi connectivity index (χ1) is 10.3. The zero-order chi connectivity index (χ0) is 15.8. The summed E-state index contributed by atoms with van der Waals surface area (Å²) in [5.41, 5.74) is 0. The van der Waals surface area contributed by atoms with Crippen molar-refractivity contribution in [2.24, 2.45) is 11.8 Å². The van der Waals surface area contributed by atoms with Crippen molar-refractivity contribution in [2.75, 3.05) is 6.61 Å². The molecule has 0 radical (unpaired) electrons. The van der Waals surface area contributed by atoms with Crippen molar-refractivity contribution >= 4 is 0 Å². The average Bonchev–Trinajstić information content (AvgIpc) is 2.51. The molecule has 0 saturated heterocycles. The minimum Gasteiger partial charge on any atom is -0.396 e. The van der Waals surface area contributed by atoms with Gasteiger partial charge >= 0.3 is 0 Å². The van der Waals surface area contributed by atoms with Gasteiger partial charge in [0, 0.05) is 6.61 Å². The first-order valence-electron chi connectivity index (χ1n) is 9.89. The van der Waals surface area contributed by atoms with Crippen LogP contribution in [0.15, 0.2) is 0 Å². The molecule has 2 unspecified atom stereocenters. The molecule has 0 aromatic heterocycles. The molecule has 0 aromatic rings. The molecule has 1 nitrogen and oxygen atoms in total. The van der Waals surface area contributed by atoms with Gasteiger partial charge in [-0.05, 0) is 18.3 Å². The molecular formula is C20H42O. The van der Waals surface area contributed by atoms with Gasteiger partial charge < -0.3 is 5.11 Å². The first kappa shape index (κ1) is 21.0. The molecular weight excluding hydrogens is 256 g/mol. The number of hydrogen-bond donors (Lipinski definition) is 1. The summed E-state index contributed by atoms with van der Waals surface area (Å²) in [4.78, 5) is 0. The molecule has 1 N–H and O–H groups in total. The quantitative estimate of drug-likeness (QED) is 0.313. The van der Waals surface area contributed by atoms with Crippen LogP contribution in [-0.2, 0) is 0 Å². The Labute approximate surface area is 134 Å². The molecule has 0 heterocycles. The molecule has 1 heteroatoms. The summed E-state index contributed by atoms with van der Waals surface area (Å²) in [6.45, 7) is 7.18. The van der Waals surface area contributed by atoms with Crippen molar-refractivity contribution in [2.45, 2.75) is 111 Å². The summed E-state index contributed by atoms with van der Waals surface area (Å²) in [6, 6.07) is 0. The molecule has 0 fully saturated rings. The summed E-state index contributed by atoms with van der Waals surface area (Å²) < 4.78 is 0. The highest BCUT2D eigenvalue weighted by molar-refractivity contribution is 4.66. The summed E-state index contributed by atoms with van der Waals surface area (Å²) >= 11 is 0. The second-order valence-electron chi connectivity index (χ2n) is 6.96. The van der Waals surface area contributed by atoms with Crippen molar-refractivity contribution in [1.29, 1.82) is 0 Å². The van der Waals surface area contributed by atoms with Gasteiger partial charge in [0.1, 0.15) is 0 Å². The van der Waals surface area contributed by atoms with Crippen molar-refractivity contribution in [3.05, 3.63) is 0 Å². The highest BCUT2D eigenvalue weighted by Crippen LogP contribution is 2.26. The van der Waals surface area contributed by atoms with Crippen LogP contribution in [0.5, 0.6) is 0 Å². The summed E-state index contributed by atoms with van der Waals surface area (Å²) in [5.74, 6) is 1.41. The largest absolute Gasteiger partial charge is 0.396 e. The highest BCUT2D eigenvalue weighted by Gasteiger charge is 2.14. The van der Waals surface area contributed by atoms with E-state index < -0.39 is 0 Å². The van der Waals surface area contributed by atoms with Crippen LogP contribution in [0.3, 0.4) is 0 Å². The van der Waals surface area contributed by atoms with Gasteiger partial charge in [-0.25, -0.2) is 0 Å². The van der Waals surface area contributed by atoms with Gasteiger partial charge in [0.2, 0.25) is 0 Å². The Hall–Kier alpha value is -0.0400. The monoisotopic (exact) mass is 298 g/mol. The molecule has 0 aromatic carbocycles. The van der Waals surface area contributed by atoms with E-state index in [9.17, 15) is 5.11 Å². The van der Waals surface area contributed by atoms with Crippen molar-refractivity contribution in [3.63, 3.8) is 0 Å². The third kappa shape index (κ3) is 13.4. The van der Waals surface area contributed by atoms with E-state index in [1.165, 1.54) is 83.5 Å².